The van der Waals surface area contributed by atoms with E-state index in [1.807, 2.05) is 6.26 Å². The summed E-state index contributed by atoms with van der Waals surface area (Å²) in [5.41, 5.74) is 1.19. The van der Waals surface area contributed by atoms with Crippen LogP contribution in [-0.2, 0) is 4.43 Å². The lowest BCUT2D eigenvalue weighted by Crippen LogP contribution is -2.22. The fraction of sp³-hybridized carbons (Fsp3) is 0.600. The lowest BCUT2D eigenvalue weighted by atomic mass is 10.3. The average Bonchev–Trinajstić information content (AvgIpc) is 1.95. The van der Waals surface area contributed by atoms with Crippen molar-refractivity contribution in [3.8, 4) is 0 Å². The topological polar surface area (TPSA) is 9.23 Å². The van der Waals surface area contributed by atoms with Crippen molar-refractivity contribution in [2.24, 2.45) is 0 Å². The average molecular weight is 184 g/mol. The molecular formula is C10H20OSi. The summed E-state index contributed by atoms with van der Waals surface area (Å²) in [6.45, 7) is 10.7. The first-order valence-electron chi connectivity index (χ1n) is 4.47. The van der Waals surface area contributed by atoms with Crippen LogP contribution in [0.3, 0.4) is 0 Å². The van der Waals surface area contributed by atoms with E-state index in [1.165, 1.54) is 5.57 Å². The van der Waals surface area contributed by atoms with Gasteiger partial charge in [-0.15, -0.1) is 0 Å². The van der Waals surface area contributed by atoms with Crippen molar-refractivity contribution in [1.29, 1.82) is 0 Å². The molecule has 0 radical (unpaired) electrons. The van der Waals surface area contributed by atoms with Crippen LogP contribution in [0.2, 0.25) is 19.6 Å². The summed E-state index contributed by atoms with van der Waals surface area (Å²) in [6, 6.07) is 0. The molecule has 0 aromatic heterocycles. The second-order valence-corrected chi connectivity index (χ2v) is 8.36. The zero-order valence-corrected chi connectivity index (χ0v) is 9.85. The summed E-state index contributed by atoms with van der Waals surface area (Å²) in [7, 11) is -1.37. The molecule has 70 valence electrons. The lowest BCUT2D eigenvalue weighted by Gasteiger charge is -2.15. The molecule has 0 saturated heterocycles. The van der Waals surface area contributed by atoms with Gasteiger partial charge < -0.3 is 4.43 Å². The van der Waals surface area contributed by atoms with E-state index in [4.69, 9.17) is 4.43 Å². The Hall–Kier alpha value is -0.503. The molecule has 0 aliphatic rings. The zero-order valence-electron chi connectivity index (χ0n) is 8.85. The van der Waals surface area contributed by atoms with Gasteiger partial charge in [0, 0.05) is 0 Å². The molecule has 0 aliphatic heterocycles. The van der Waals surface area contributed by atoms with Crippen LogP contribution in [0.5, 0.6) is 0 Å². The molecule has 2 heteroatoms. The highest BCUT2D eigenvalue weighted by Gasteiger charge is 2.12. The van der Waals surface area contributed by atoms with Crippen molar-refractivity contribution in [3.05, 3.63) is 24.0 Å². The second kappa shape index (κ2) is 5.20. The van der Waals surface area contributed by atoms with Gasteiger partial charge in [0.15, 0.2) is 0 Å². The minimum atomic E-state index is -1.37. The van der Waals surface area contributed by atoms with E-state index in [0.29, 0.717) is 0 Å². The molecule has 0 aromatic carbocycles. The van der Waals surface area contributed by atoms with Gasteiger partial charge >= 0.3 is 0 Å². The van der Waals surface area contributed by atoms with Gasteiger partial charge in [-0.2, -0.15) is 0 Å². The number of hydrogen-bond acceptors (Lipinski definition) is 1. The maximum Gasteiger partial charge on any atom is 0.241 e. The second-order valence-electron chi connectivity index (χ2n) is 3.90. The molecule has 0 spiro atoms. The van der Waals surface area contributed by atoms with Crippen LogP contribution in [0.25, 0.3) is 0 Å². The first-order chi connectivity index (χ1) is 5.45. The summed E-state index contributed by atoms with van der Waals surface area (Å²) in [5.74, 6) is 0. The molecule has 0 fully saturated rings. The van der Waals surface area contributed by atoms with E-state index < -0.39 is 8.32 Å². The van der Waals surface area contributed by atoms with Gasteiger partial charge in [0.05, 0.1) is 6.26 Å². The molecule has 0 aromatic rings. The molecule has 0 rings (SSSR count). The molecule has 0 N–H and O–H groups in total. The number of rotatable bonds is 4. The third-order valence-corrected chi connectivity index (χ3v) is 2.04. The van der Waals surface area contributed by atoms with E-state index in [1.54, 1.807) is 0 Å². The summed E-state index contributed by atoms with van der Waals surface area (Å²) in [6.07, 6.45) is 7.19. The molecule has 0 bridgehead atoms. The summed E-state index contributed by atoms with van der Waals surface area (Å²) in [5, 5.41) is 0. The van der Waals surface area contributed by atoms with E-state index in [9.17, 15) is 0 Å². The molecule has 12 heavy (non-hydrogen) atoms. The number of hydrogen-bond donors (Lipinski definition) is 0. The monoisotopic (exact) mass is 184 g/mol. The first kappa shape index (κ1) is 11.5. The van der Waals surface area contributed by atoms with Gasteiger partial charge in [-0.25, -0.2) is 0 Å². The van der Waals surface area contributed by atoms with Crippen molar-refractivity contribution < 1.29 is 4.43 Å². The van der Waals surface area contributed by atoms with Crippen LogP contribution in [-0.4, -0.2) is 8.32 Å². The van der Waals surface area contributed by atoms with E-state index in [0.717, 1.165) is 6.42 Å². The Morgan fingerprint density at radius 2 is 1.92 bits per heavy atom. The Morgan fingerprint density at radius 3 is 2.33 bits per heavy atom. The largest absolute Gasteiger partial charge is 0.549 e. The zero-order chi connectivity index (χ0) is 9.61. The predicted molar refractivity (Wildman–Crippen MR) is 57.6 cm³/mol. The van der Waals surface area contributed by atoms with Gasteiger partial charge in [-0.1, -0.05) is 19.1 Å². The van der Waals surface area contributed by atoms with Gasteiger partial charge in [0.1, 0.15) is 0 Å². The quantitative estimate of drug-likeness (QED) is 0.368. The lowest BCUT2D eigenvalue weighted by molar-refractivity contribution is 0.475. The Morgan fingerprint density at radius 1 is 1.33 bits per heavy atom. The van der Waals surface area contributed by atoms with E-state index in [-0.39, 0.29) is 0 Å². The number of allylic oxidation sites excluding steroid dienone is 3. The summed E-state index contributed by atoms with van der Waals surface area (Å²) in [4.78, 5) is 0. The normalized spacial score (nSPS) is 13.9. The summed E-state index contributed by atoms with van der Waals surface area (Å²) < 4.78 is 5.61. The Labute approximate surface area is 77.3 Å². The standard InChI is InChI=1S/C10H20OSi/c1-6-7-8-10(2)9-11-12(3,4)5/h7-9H,6H2,1-5H3/b8-7+,10-9+. The van der Waals surface area contributed by atoms with Crippen LogP contribution >= 0.6 is 0 Å². The fourth-order valence-electron chi connectivity index (χ4n) is 0.613. The first-order valence-corrected chi connectivity index (χ1v) is 7.87. The maximum atomic E-state index is 5.61. The van der Waals surface area contributed by atoms with E-state index in [2.05, 4.69) is 45.6 Å². The van der Waals surface area contributed by atoms with Gasteiger partial charge in [0.25, 0.3) is 0 Å². The van der Waals surface area contributed by atoms with Crippen molar-refractivity contribution in [2.45, 2.75) is 39.9 Å². The molecule has 0 aliphatic carbocycles. The van der Waals surface area contributed by atoms with E-state index >= 15 is 0 Å². The summed E-state index contributed by atoms with van der Waals surface area (Å²) >= 11 is 0. The molecule has 0 saturated carbocycles. The minimum absolute atomic E-state index is 1.08. The third-order valence-electron chi connectivity index (χ3n) is 1.21. The highest BCUT2D eigenvalue weighted by atomic mass is 28.4. The molecular weight excluding hydrogens is 164 g/mol. The smallest absolute Gasteiger partial charge is 0.241 e. The Balaban J connectivity index is 3.93. The molecule has 0 unspecified atom stereocenters. The van der Waals surface area contributed by atoms with Crippen LogP contribution in [0.15, 0.2) is 24.0 Å². The molecule has 0 atom stereocenters. The maximum absolute atomic E-state index is 5.61. The molecule has 1 nitrogen and oxygen atoms in total. The van der Waals surface area contributed by atoms with Crippen LogP contribution in [0, 0.1) is 0 Å². The van der Waals surface area contributed by atoms with Crippen molar-refractivity contribution in [1.82, 2.24) is 0 Å². The Bertz CT molecular complexity index is 175. The third kappa shape index (κ3) is 7.60. The predicted octanol–water partition coefficient (Wildman–Crippen LogP) is 3.71. The van der Waals surface area contributed by atoms with Crippen molar-refractivity contribution >= 4 is 8.32 Å². The Kier molecular flexibility index (Phi) is 4.98. The molecule has 0 heterocycles. The molecule has 0 amide bonds. The fourth-order valence-corrected chi connectivity index (χ4v) is 1.15. The highest BCUT2D eigenvalue weighted by molar-refractivity contribution is 6.69. The minimum Gasteiger partial charge on any atom is -0.549 e. The SMILES string of the molecule is CC/C=C/C(C)=C/O[Si](C)(C)C. The van der Waals surface area contributed by atoms with Gasteiger partial charge in [0.2, 0.25) is 8.32 Å². The van der Waals surface area contributed by atoms with Gasteiger partial charge in [-0.3, -0.25) is 0 Å². The van der Waals surface area contributed by atoms with Crippen molar-refractivity contribution in [3.63, 3.8) is 0 Å². The van der Waals surface area contributed by atoms with Crippen LogP contribution in [0.4, 0.5) is 0 Å². The highest BCUT2D eigenvalue weighted by Crippen LogP contribution is 2.06. The van der Waals surface area contributed by atoms with Crippen LogP contribution < -0.4 is 0 Å². The van der Waals surface area contributed by atoms with Gasteiger partial charge in [-0.05, 0) is 38.6 Å². The van der Waals surface area contributed by atoms with Crippen molar-refractivity contribution in [2.75, 3.05) is 0 Å². The van der Waals surface area contributed by atoms with Crippen LogP contribution in [0.1, 0.15) is 20.3 Å².